The summed E-state index contributed by atoms with van der Waals surface area (Å²) in [5, 5.41) is 2.00. The number of aromatic nitrogens is 1. The third-order valence-corrected chi connectivity index (χ3v) is 5.26. The van der Waals surface area contributed by atoms with Crippen LogP contribution in [0.5, 0.6) is 11.5 Å². The Balaban J connectivity index is 1.82. The van der Waals surface area contributed by atoms with Crippen molar-refractivity contribution >= 4 is 39.0 Å². The average Bonchev–Trinajstić information content (AvgIpc) is 3.12. The summed E-state index contributed by atoms with van der Waals surface area (Å²) in [6.45, 7) is 0.454. The number of nitrogens with zero attached hydrogens (tertiary/aromatic N) is 3. The Hall–Kier alpha value is -2.80. The highest BCUT2D eigenvalue weighted by molar-refractivity contribution is 7.17. The van der Waals surface area contributed by atoms with Crippen molar-refractivity contribution in [3.8, 4) is 11.5 Å². The number of anilines is 2. The minimum absolute atomic E-state index is 0.0938. The predicted octanol–water partition coefficient (Wildman–Crippen LogP) is 3.89. The van der Waals surface area contributed by atoms with Crippen LogP contribution in [0.15, 0.2) is 35.8 Å². The van der Waals surface area contributed by atoms with Crippen LogP contribution in [0.25, 0.3) is 10.2 Å². The van der Waals surface area contributed by atoms with E-state index in [-0.39, 0.29) is 6.03 Å². The summed E-state index contributed by atoms with van der Waals surface area (Å²) < 4.78 is 11.7. The fourth-order valence-electron chi connectivity index (χ4n) is 3.08. The third-order valence-electron chi connectivity index (χ3n) is 4.35. The molecule has 2 amide bonds. The molecule has 3 heterocycles. The first-order valence-corrected chi connectivity index (χ1v) is 8.63. The largest absolute Gasteiger partial charge is 0.497 e. The summed E-state index contributed by atoms with van der Waals surface area (Å²) >= 11 is 1.60. The molecular weight excluding hydrogens is 338 g/mol. The van der Waals surface area contributed by atoms with Crippen LogP contribution in [0.3, 0.4) is 0 Å². The molecule has 0 fully saturated rings. The summed E-state index contributed by atoms with van der Waals surface area (Å²) in [5.74, 6) is 1.28. The maximum atomic E-state index is 13.0. The number of hydrogen-bond acceptors (Lipinski definition) is 5. The van der Waals surface area contributed by atoms with Gasteiger partial charge in [0.25, 0.3) is 0 Å². The fourth-order valence-corrected chi connectivity index (χ4v) is 4.04. The molecular formula is C18H17N3O3S. The lowest BCUT2D eigenvalue weighted by Crippen LogP contribution is -2.45. The first-order chi connectivity index (χ1) is 12.1. The van der Waals surface area contributed by atoms with Crippen molar-refractivity contribution in [2.45, 2.75) is 6.54 Å². The van der Waals surface area contributed by atoms with Crippen LogP contribution in [-0.4, -0.2) is 32.3 Å². The van der Waals surface area contributed by atoms with Crippen LogP contribution in [-0.2, 0) is 6.54 Å². The van der Waals surface area contributed by atoms with E-state index in [9.17, 15) is 4.79 Å². The van der Waals surface area contributed by atoms with Crippen LogP contribution >= 0.6 is 11.3 Å². The minimum Gasteiger partial charge on any atom is -0.497 e. The molecule has 128 valence electrons. The fraction of sp³-hybridized carbons (Fsp3) is 0.222. The molecule has 0 radical (unpaired) electrons. The summed E-state index contributed by atoms with van der Waals surface area (Å²) in [5.41, 5.74) is 3.60. The lowest BCUT2D eigenvalue weighted by molar-refractivity contribution is 0.251. The van der Waals surface area contributed by atoms with Crippen molar-refractivity contribution in [2.75, 3.05) is 31.1 Å². The lowest BCUT2D eigenvalue weighted by atomic mass is 10.1. The molecule has 4 rings (SSSR count). The van der Waals surface area contributed by atoms with E-state index in [0.29, 0.717) is 18.0 Å². The van der Waals surface area contributed by atoms with Gasteiger partial charge < -0.3 is 9.47 Å². The van der Waals surface area contributed by atoms with Crippen molar-refractivity contribution in [1.29, 1.82) is 0 Å². The van der Waals surface area contributed by atoms with Crippen molar-refractivity contribution in [3.05, 3.63) is 41.4 Å². The van der Waals surface area contributed by atoms with Gasteiger partial charge in [-0.1, -0.05) is 0 Å². The Kier molecular flexibility index (Phi) is 3.73. The topological polar surface area (TPSA) is 54.9 Å². The zero-order chi connectivity index (χ0) is 17.6. The van der Waals surface area contributed by atoms with Gasteiger partial charge in [0.05, 0.1) is 42.4 Å². The summed E-state index contributed by atoms with van der Waals surface area (Å²) in [4.78, 5) is 20.9. The first-order valence-electron chi connectivity index (χ1n) is 7.75. The molecule has 1 aromatic carbocycles. The highest BCUT2D eigenvalue weighted by atomic mass is 32.1. The van der Waals surface area contributed by atoms with Gasteiger partial charge in [-0.3, -0.25) is 14.8 Å². The van der Waals surface area contributed by atoms with E-state index in [1.165, 1.54) is 0 Å². The zero-order valence-corrected chi connectivity index (χ0v) is 15.0. The van der Waals surface area contributed by atoms with Gasteiger partial charge in [0.15, 0.2) is 0 Å². The van der Waals surface area contributed by atoms with Gasteiger partial charge in [0.1, 0.15) is 11.5 Å². The molecule has 1 aliphatic rings. The molecule has 0 saturated carbocycles. The van der Waals surface area contributed by atoms with Gasteiger partial charge in [0.2, 0.25) is 0 Å². The molecule has 7 heteroatoms. The monoisotopic (exact) mass is 355 g/mol. The number of hydrogen-bond donors (Lipinski definition) is 0. The molecule has 0 atom stereocenters. The second kappa shape index (κ2) is 5.93. The number of pyridine rings is 1. The number of benzene rings is 1. The number of fused-ring (bicyclic) bond motifs is 3. The van der Waals surface area contributed by atoms with E-state index < -0.39 is 0 Å². The number of ether oxygens (including phenoxy) is 2. The van der Waals surface area contributed by atoms with Gasteiger partial charge in [-0.2, -0.15) is 0 Å². The quantitative estimate of drug-likeness (QED) is 0.715. The second-order valence-corrected chi connectivity index (χ2v) is 6.68. The Bertz CT molecular complexity index is 947. The molecule has 0 bridgehead atoms. The third kappa shape index (κ3) is 2.47. The van der Waals surface area contributed by atoms with Gasteiger partial charge in [-0.15, -0.1) is 11.3 Å². The predicted molar refractivity (Wildman–Crippen MR) is 99.1 cm³/mol. The number of amides is 2. The lowest BCUT2D eigenvalue weighted by Gasteiger charge is -2.35. The molecule has 2 aromatic heterocycles. The molecule has 0 aliphatic carbocycles. The van der Waals surface area contributed by atoms with Crippen LogP contribution < -0.4 is 19.3 Å². The van der Waals surface area contributed by atoms with E-state index in [2.05, 4.69) is 4.98 Å². The number of carbonyl (C=O) groups excluding carboxylic acids is 1. The summed E-state index contributed by atoms with van der Waals surface area (Å²) in [6, 6.07) is 7.32. The van der Waals surface area contributed by atoms with Gasteiger partial charge in [-0.05, 0) is 11.4 Å². The highest BCUT2D eigenvalue weighted by Crippen LogP contribution is 2.39. The second-order valence-electron chi connectivity index (χ2n) is 5.77. The van der Waals surface area contributed by atoms with E-state index in [1.807, 2.05) is 29.8 Å². The van der Waals surface area contributed by atoms with Crippen molar-refractivity contribution < 1.29 is 14.3 Å². The average molecular weight is 355 g/mol. The smallest absolute Gasteiger partial charge is 0.329 e. The molecule has 3 aromatic rings. The molecule has 0 spiro atoms. The zero-order valence-electron chi connectivity index (χ0n) is 14.1. The maximum absolute atomic E-state index is 13.0. The van der Waals surface area contributed by atoms with Gasteiger partial charge in [-0.25, -0.2) is 4.79 Å². The summed E-state index contributed by atoms with van der Waals surface area (Å²) in [6.07, 6.45) is 1.84. The molecule has 0 saturated heterocycles. The van der Waals surface area contributed by atoms with E-state index in [1.54, 1.807) is 48.5 Å². The standard InChI is InChI=1S/C18H17N3O3S/c1-20-16-11(9-19-15-4-5-25-17(15)16)10-21(18(20)22)12-6-13(23-2)8-14(7-12)24-3/h4-9H,10H2,1-3H3. The van der Waals surface area contributed by atoms with Gasteiger partial charge in [0, 0.05) is 37.0 Å². The molecule has 6 nitrogen and oxygen atoms in total. The number of carbonyl (C=O) groups is 1. The SMILES string of the molecule is COc1cc(OC)cc(N2Cc3cnc4ccsc4c3N(C)C2=O)c1. The Morgan fingerprint density at radius 3 is 2.56 bits per heavy atom. The van der Waals surface area contributed by atoms with Crippen LogP contribution in [0.4, 0.5) is 16.2 Å². The van der Waals surface area contributed by atoms with E-state index >= 15 is 0 Å². The minimum atomic E-state index is -0.0938. The maximum Gasteiger partial charge on any atom is 0.329 e. The highest BCUT2D eigenvalue weighted by Gasteiger charge is 2.31. The van der Waals surface area contributed by atoms with Crippen molar-refractivity contribution in [2.24, 2.45) is 0 Å². The molecule has 0 N–H and O–H groups in total. The molecule has 1 aliphatic heterocycles. The van der Waals surface area contributed by atoms with E-state index in [0.717, 1.165) is 27.2 Å². The Labute approximate surface area is 149 Å². The summed E-state index contributed by atoms with van der Waals surface area (Å²) in [7, 11) is 4.98. The first kappa shape index (κ1) is 15.7. The number of rotatable bonds is 3. The van der Waals surface area contributed by atoms with Gasteiger partial charge >= 0.3 is 6.03 Å². The number of urea groups is 1. The Morgan fingerprint density at radius 2 is 1.88 bits per heavy atom. The number of thiophene rings is 1. The van der Waals surface area contributed by atoms with Crippen molar-refractivity contribution in [1.82, 2.24) is 4.98 Å². The van der Waals surface area contributed by atoms with E-state index in [4.69, 9.17) is 9.47 Å². The normalized spacial score (nSPS) is 14.0. The van der Waals surface area contributed by atoms with Crippen LogP contribution in [0.2, 0.25) is 0 Å². The molecule has 25 heavy (non-hydrogen) atoms. The number of methoxy groups -OCH3 is 2. The molecule has 0 unspecified atom stereocenters. The van der Waals surface area contributed by atoms with Crippen LogP contribution in [0.1, 0.15) is 5.56 Å². The van der Waals surface area contributed by atoms with Crippen molar-refractivity contribution in [3.63, 3.8) is 0 Å². The Morgan fingerprint density at radius 1 is 1.16 bits per heavy atom. The van der Waals surface area contributed by atoms with Crippen LogP contribution in [0, 0.1) is 0 Å².